The van der Waals surface area contributed by atoms with Crippen molar-refractivity contribution in [2.24, 2.45) is 5.92 Å². The molecule has 0 aliphatic rings. The predicted octanol–water partition coefficient (Wildman–Crippen LogP) is 1.98. The van der Waals surface area contributed by atoms with Gasteiger partial charge in [0, 0.05) is 6.20 Å². The van der Waals surface area contributed by atoms with Crippen molar-refractivity contribution >= 4 is 23.2 Å². The Kier molecular flexibility index (Phi) is 5.09. The molecule has 5 nitrogen and oxygen atoms in total. The predicted molar refractivity (Wildman–Crippen MR) is 64.7 cm³/mol. The molecule has 17 heavy (non-hydrogen) atoms. The summed E-state index contributed by atoms with van der Waals surface area (Å²) in [5.74, 6) is -0.0294. The minimum Gasteiger partial charge on any atom is -0.444 e. The molecule has 0 aliphatic carbocycles. The quantitative estimate of drug-likeness (QED) is 0.874. The lowest BCUT2D eigenvalue weighted by Crippen LogP contribution is -2.43. The second kappa shape index (κ2) is 6.34. The molecule has 0 fully saturated rings. The molecule has 1 atom stereocenters. The number of aromatic nitrogens is 1. The highest BCUT2D eigenvalue weighted by Gasteiger charge is 2.21. The van der Waals surface area contributed by atoms with Gasteiger partial charge < -0.3 is 10.1 Å². The fourth-order valence-corrected chi connectivity index (χ4v) is 1.86. The summed E-state index contributed by atoms with van der Waals surface area (Å²) in [6, 6.07) is -0.496. The monoisotopic (exact) mass is 256 g/mol. The van der Waals surface area contributed by atoms with E-state index in [9.17, 15) is 9.59 Å². The van der Waals surface area contributed by atoms with Crippen molar-refractivity contribution in [2.45, 2.75) is 33.4 Å². The van der Waals surface area contributed by atoms with Crippen molar-refractivity contribution in [3.8, 4) is 0 Å². The second-order valence-corrected chi connectivity index (χ2v) is 4.99. The van der Waals surface area contributed by atoms with Crippen molar-refractivity contribution in [3.05, 3.63) is 16.6 Å². The van der Waals surface area contributed by atoms with Crippen LogP contribution in [0.15, 0.2) is 11.7 Å². The number of amides is 1. The number of carbonyl (C=O) groups excluding carboxylic acids is 2. The van der Waals surface area contributed by atoms with E-state index >= 15 is 0 Å². The molecule has 0 aromatic carbocycles. The zero-order valence-electron chi connectivity index (χ0n) is 10.1. The molecule has 94 valence electrons. The van der Waals surface area contributed by atoms with Gasteiger partial charge in [-0.1, -0.05) is 13.8 Å². The van der Waals surface area contributed by atoms with Gasteiger partial charge in [-0.15, -0.1) is 11.3 Å². The Hall–Kier alpha value is -1.43. The number of hydrogen-bond donors (Lipinski definition) is 1. The van der Waals surface area contributed by atoms with E-state index in [-0.39, 0.29) is 18.3 Å². The average molecular weight is 256 g/mol. The van der Waals surface area contributed by atoms with Gasteiger partial charge in [-0.3, -0.25) is 9.78 Å². The van der Waals surface area contributed by atoms with E-state index in [2.05, 4.69) is 10.3 Å². The highest BCUT2D eigenvalue weighted by atomic mass is 32.1. The van der Waals surface area contributed by atoms with Crippen LogP contribution >= 0.6 is 11.3 Å². The summed E-state index contributed by atoms with van der Waals surface area (Å²) in [4.78, 5) is 27.5. The number of nitrogens with one attached hydrogen (secondary N) is 1. The number of hydrogen-bond acceptors (Lipinski definition) is 5. The fourth-order valence-electron chi connectivity index (χ4n) is 1.36. The van der Waals surface area contributed by atoms with Crippen molar-refractivity contribution in [1.29, 1.82) is 0 Å². The lowest BCUT2D eigenvalue weighted by Gasteiger charge is -2.18. The van der Waals surface area contributed by atoms with Crippen LogP contribution in [0.2, 0.25) is 0 Å². The highest BCUT2D eigenvalue weighted by Crippen LogP contribution is 2.08. The van der Waals surface area contributed by atoms with Crippen LogP contribution in [-0.4, -0.2) is 22.9 Å². The Morgan fingerprint density at radius 2 is 2.24 bits per heavy atom. The first-order valence-electron chi connectivity index (χ1n) is 5.31. The maximum atomic E-state index is 11.5. The minimum atomic E-state index is -0.577. The molecule has 1 aromatic rings. The number of nitrogens with zero attached hydrogens (tertiary/aromatic N) is 1. The summed E-state index contributed by atoms with van der Waals surface area (Å²) in [5, 5.41) is 2.55. The van der Waals surface area contributed by atoms with Crippen LogP contribution in [0.25, 0.3) is 0 Å². The van der Waals surface area contributed by atoms with Gasteiger partial charge in [-0.05, 0) is 12.8 Å². The Bertz CT molecular complexity index is 376. The van der Waals surface area contributed by atoms with Crippen LogP contribution < -0.4 is 5.32 Å². The van der Waals surface area contributed by atoms with Gasteiger partial charge >= 0.3 is 6.09 Å². The second-order valence-electron chi connectivity index (χ2n) is 4.02. The molecule has 0 saturated carbocycles. The molecular formula is C11H16N2O3S. The summed E-state index contributed by atoms with van der Waals surface area (Å²) >= 11 is 1.41. The van der Waals surface area contributed by atoms with Crippen molar-refractivity contribution in [2.75, 3.05) is 0 Å². The van der Waals surface area contributed by atoms with E-state index in [0.29, 0.717) is 0 Å². The van der Waals surface area contributed by atoms with Crippen molar-refractivity contribution < 1.29 is 14.3 Å². The summed E-state index contributed by atoms with van der Waals surface area (Å²) in [6.07, 6.45) is 1.07. The number of alkyl carbamates (subject to hydrolysis) is 1. The lowest BCUT2D eigenvalue weighted by atomic mass is 10.0. The summed E-state index contributed by atoms with van der Waals surface area (Å²) < 4.78 is 4.99. The summed E-state index contributed by atoms with van der Waals surface area (Å²) in [5.41, 5.74) is 1.67. The van der Waals surface area contributed by atoms with Crippen LogP contribution in [0.5, 0.6) is 0 Å². The largest absolute Gasteiger partial charge is 0.444 e. The molecule has 1 aromatic heterocycles. The summed E-state index contributed by atoms with van der Waals surface area (Å²) in [6.45, 7) is 5.37. The lowest BCUT2D eigenvalue weighted by molar-refractivity contribution is -0.119. The smallest absolute Gasteiger partial charge is 0.408 e. The van der Waals surface area contributed by atoms with Crippen LogP contribution in [0, 0.1) is 5.92 Å². The Morgan fingerprint density at radius 1 is 1.53 bits per heavy atom. The molecule has 6 heteroatoms. The number of ketones is 1. The van der Waals surface area contributed by atoms with E-state index < -0.39 is 12.1 Å². The minimum absolute atomic E-state index is 0.0449. The van der Waals surface area contributed by atoms with Gasteiger partial charge in [0.15, 0.2) is 5.78 Å². The molecule has 0 radical (unpaired) electrons. The molecule has 0 aliphatic heterocycles. The van der Waals surface area contributed by atoms with Crippen LogP contribution in [0.1, 0.15) is 25.6 Å². The SMILES string of the molecule is CC(=O)C(NC(=O)OCc1cncs1)C(C)C. The van der Waals surface area contributed by atoms with E-state index in [1.165, 1.54) is 18.3 Å². The molecule has 1 unspecified atom stereocenters. The zero-order chi connectivity index (χ0) is 12.8. The van der Waals surface area contributed by atoms with Crippen molar-refractivity contribution in [3.63, 3.8) is 0 Å². The number of rotatable bonds is 5. The molecule has 1 N–H and O–H groups in total. The first-order valence-corrected chi connectivity index (χ1v) is 6.19. The molecule has 1 heterocycles. The van der Waals surface area contributed by atoms with Crippen LogP contribution in [-0.2, 0) is 16.1 Å². The Morgan fingerprint density at radius 3 is 2.71 bits per heavy atom. The van der Waals surface area contributed by atoms with E-state index in [1.807, 2.05) is 13.8 Å². The number of carbonyl (C=O) groups is 2. The standard InChI is InChI=1S/C11H16N2O3S/c1-7(2)10(8(3)14)13-11(15)16-5-9-4-12-6-17-9/h4,6-7,10H,5H2,1-3H3,(H,13,15). The third kappa shape index (κ3) is 4.52. The normalized spacial score (nSPS) is 12.2. The van der Waals surface area contributed by atoms with Gasteiger partial charge in [-0.2, -0.15) is 0 Å². The molecule has 1 amide bonds. The number of thiazole rings is 1. The third-order valence-corrected chi connectivity index (χ3v) is 2.96. The first-order chi connectivity index (χ1) is 8.00. The van der Waals surface area contributed by atoms with Gasteiger partial charge in [0.05, 0.1) is 16.4 Å². The summed E-state index contributed by atoms with van der Waals surface area (Å²) in [7, 11) is 0. The van der Waals surface area contributed by atoms with Crippen LogP contribution in [0.4, 0.5) is 4.79 Å². The maximum Gasteiger partial charge on any atom is 0.408 e. The van der Waals surface area contributed by atoms with E-state index in [4.69, 9.17) is 4.74 Å². The van der Waals surface area contributed by atoms with Gasteiger partial charge in [0.2, 0.25) is 0 Å². The Labute approximate surface area is 104 Å². The number of ether oxygens (including phenoxy) is 1. The van der Waals surface area contributed by atoms with Gasteiger partial charge in [-0.25, -0.2) is 4.79 Å². The van der Waals surface area contributed by atoms with E-state index in [1.54, 1.807) is 11.7 Å². The number of Topliss-reactive ketones (excluding diaryl/α,β-unsaturated/α-hetero) is 1. The van der Waals surface area contributed by atoms with E-state index in [0.717, 1.165) is 4.88 Å². The first kappa shape index (κ1) is 13.6. The molecule has 0 saturated heterocycles. The Balaban J connectivity index is 2.40. The van der Waals surface area contributed by atoms with Gasteiger partial charge in [0.25, 0.3) is 0 Å². The maximum absolute atomic E-state index is 11.5. The van der Waals surface area contributed by atoms with Crippen LogP contribution in [0.3, 0.4) is 0 Å². The molecule has 1 rings (SSSR count). The molecule has 0 bridgehead atoms. The zero-order valence-corrected chi connectivity index (χ0v) is 10.9. The topological polar surface area (TPSA) is 68.3 Å². The average Bonchev–Trinajstić information content (AvgIpc) is 2.74. The van der Waals surface area contributed by atoms with Crippen molar-refractivity contribution in [1.82, 2.24) is 10.3 Å². The molecular weight excluding hydrogens is 240 g/mol. The highest BCUT2D eigenvalue weighted by molar-refractivity contribution is 7.09. The fraction of sp³-hybridized carbons (Fsp3) is 0.545. The third-order valence-electron chi connectivity index (χ3n) is 2.21. The van der Waals surface area contributed by atoms with Gasteiger partial charge in [0.1, 0.15) is 6.61 Å². The molecule has 0 spiro atoms.